The highest BCUT2D eigenvalue weighted by Gasteiger charge is 2.45. The van der Waals surface area contributed by atoms with Gasteiger partial charge in [0.2, 0.25) is 35.4 Å². The van der Waals surface area contributed by atoms with E-state index >= 15 is 0 Å². The van der Waals surface area contributed by atoms with Crippen molar-refractivity contribution >= 4 is 53.0 Å². The smallest absolute Gasteiger partial charge is 0.253 e. The van der Waals surface area contributed by atoms with Gasteiger partial charge in [0.15, 0.2) is 0 Å². The van der Waals surface area contributed by atoms with Crippen molar-refractivity contribution in [3.63, 3.8) is 0 Å². The van der Waals surface area contributed by atoms with Crippen LogP contribution in [0.15, 0.2) is 48.5 Å². The number of carbonyl (C=O) groups is 7. The van der Waals surface area contributed by atoms with Crippen molar-refractivity contribution in [3.05, 3.63) is 70.5 Å². The van der Waals surface area contributed by atoms with Gasteiger partial charge in [-0.2, -0.15) is 0 Å². The highest BCUT2D eigenvalue weighted by atomic mass is 35.5. The summed E-state index contributed by atoms with van der Waals surface area (Å²) in [4.78, 5) is 98.2. The predicted octanol–water partition coefficient (Wildman–Crippen LogP) is 1.11. The van der Waals surface area contributed by atoms with Crippen LogP contribution >= 0.6 is 11.6 Å². The Morgan fingerprint density at radius 2 is 1.58 bits per heavy atom. The van der Waals surface area contributed by atoms with Crippen molar-refractivity contribution in [1.82, 2.24) is 36.8 Å². The summed E-state index contributed by atoms with van der Waals surface area (Å²) in [5.41, 5.74) is 0.607. The van der Waals surface area contributed by atoms with Crippen LogP contribution in [-0.2, 0) is 35.2 Å². The third kappa shape index (κ3) is 10.9. The number of halogens is 2. The zero-order valence-corrected chi connectivity index (χ0v) is 33.1. The van der Waals surface area contributed by atoms with Crippen molar-refractivity contribution in [2.45, 2.75) is 115 Å². The van der Waals surface area contributed by atoms with E-state index in [0.29, 0.717) is 24.8 Å². The molecule has 308 valence electrons. The normalized spacial score (nSPS) is 28.4. The maximum absolute atomic E-state index is 14.7. The first-order chi connectivity index (χ1) is 27.0. The van der Waals surface area contributed by atoms with Crippen LogP contribution in [0.1, 0.15) is 75.7 Å². The van der Waals surface area contributed by atoms with Crippen molar-refractivity contribution in [1.29, 1.82) is 0 Å². The number of aliphatic hydroxyl groups is 1. The molecule has 57 heavy (non-hydrogen) atoms. The Hall–Kier alpha value is -5.09. The summed E-state index contributed by atoms with van der Waals surface area (Å²) in [5.74, 6) is -6.13. The van der Waals surface area contributed by atoms with Crippen molar-refractivity contribution in [2.24, 2.45) is 11.8 Å². The fourth-order valence-electron chi connectivity index (χ4n) is 7.65. The fourth-order valence-corrected chi connectivity index (χ4v) is 7.90. The number of carbonyl (C=O) groups excluding carboxylic acids is 7. The van der Waals surface area contributed by atoms with Gasteiger partial charge >= 0.3 is 0 Å². The third-order valence-electron chi connectivity index (χ3n) is 10.6. The van der Waals surface area contributed by atoms with Crippen LogP contribution < -0.4 is 31.9 Å². The number of hydrogen-bond acceptors (Lipinski definition) is 8. The van der Waals surface area contributed by atoms with Gasteiger partial charge in [-0.3, -0.25) is 33.6 Å². The maximum atomic E-state index is 14.7. The number of rotatable bonds is 7. The monoisotopic (exact) mass is 811 g/mol. The summed E-state index contributed by atoms with van der Waals surface area (Å²) in [6.07, 6.45) is 0.130. The Kier molecular flexibility index (Phi) is 14.3. The molecule has 9 atom stereocenters. The van der Waals surface area contributed by atoms with E-state index in [9.17, 15) is 43.1 Å². The molecule has 5 rings (SSSR count). The van der Waals surface area contributed by atoms with Crippen molar-refractivity contribution in [3.8, 4) is 0 Å². The van der Waals surface area contributed by atoms with Gasteiger partial charge < -0.3 is 41.9 Å². The number of nitrogens with zero attached hydrogens (tertiary/aromatic N) is 1. The van der Waals surface area contributed by atoms with Gasteiger partial charge in [-0.25, -0.2) is 4.39 Å². The second kappa shape index (κ2) is 18.9. The summed E-state index contributed by atoms with van der Waals surface area (Å²) >= 11 is 6.15. The predicted molar refractivity (Wildman–Crippen MR) is 207 cm³/mol. The van der Waals surface area contributed by atoms with Gasteiger partial charge in [-0.15, -0.1) is 0 Å². The maximum Gasteiger partial charge on any atom is 0.253 e. The first-order valence-corrected chi connectivity index (χ1v) is 19.7. The van der Waals surface area contributed by atoms with Gasteiger partial charge in [-0.05, 0) is 69.2 Å². The summed E-state index contributed by atoms with van der Waals surface area (Å²) < 4.78 is 13.8. The molecule has 2 aromatic carbocycles. The SMILES string of the molecule is CC(C)C[C@@H]1NC(=O)[C@@H]2CCC[C@H]2NC(=O)[C@H](C)NC(=O)C2C[C@@H](NC(=O)c3ccc(F)cc3Cl)CN2C(=O)[C@H](Cc2ccccc2)NC(=O)[C@H]([C@@H](C)O)NC1=O. The number of fused-ring (bicyclic) bond motifs is 2. The molecule has 0 radical (unpaired) electrons. The lowest BCUT2D eigenvalue weighted by Crippen LogP contribution is -2.61. The number of nitrogens with one attached hydrogen (secondary N) is 6. The van der Waals surface area contributed by atoms with Gasteiger partial charge in [0.25, 0.3) is 5.91 Å². The van der Waals surface area contributed by atoms with Crippen LogP contribution in [0.5, 0.6) is 0 Å². The van der Waals surface area contributed by atoms with Crippen LogP contribution in [0.3, 0.4) is 0 Å². The molecule has 0 bridgehead atoms. The lowest BCUT2D eigenvalue weighted by Gasteiger charge is -2.31. The van der Waals surface area contributed by atoms with Gasteiger partial charge in [0.05, 0.1) is 22.6 Å². The van der Waals surface area contributed by atoms with E-state index in [0.717, 1.165) is 12.1 Å². The van der Waals surface area contributed by atoms with E-state index < -0.39 is 101 Å². The highest BCUT2D eigenvalue weighted by molar-refractivity contribution is 6.33. The summed E-state index contributed by atoms with van der Waals surface area (Å²) in [5, 5.41) is 27.0. The van der Waals surface area contributed by atoms with Crippen LogP contribution in [0.2, 0.25) is 5.02 Å². The Labute approximate surface area is 335 Å². The number of hydrogen-bond donors (Lipinski definition) is 7. The molecule has 15 nitrogen and oxygen atoms in total. The Bertz CT molecular complexity index is 1850. The van der Waals surface area contributed by atoms with Gasteiger partial charge in [0.1, 0.15) is 36.0 Å². The molecule has 0 spiro atoms. The summed E-state index contributed by atoms with van der Waals surface area (Å²) in [6, 6.07) is 4.22. The molecule has 3 fully saturated rings. The standard InChI is InChI=1S/C40H51ClFN7O8/c1-20(2)15-30-37(54)48-33(22(4)50)39(56)47-31(16-23-9-6-5-7-10-23)40(57)49-19-25(44-35(52)26-14-13-24(42)17-28(26)41)18-32(49)38(55)43-21(3)34(51)45-29-12-8-11-27(29)36(53)46-30/h5-7,9-10,13-14,17,20-22,25,27,29-33,50H,8,11-12,15-16,18-19H2,1-4H3,(H,43,55)(H,44,52)(H,45,51)(H,46,53)(H,47,56)(H,48,54)/t21-,22+,25+,27+,29+,30-,31-,32?,33-/m0/s1. The molecular weight excluding hydrogens is 761 g/mol. The molecular formula is C40H51ClFN7O8. The average Bonchev–Trinajstić information content (AvgIpc) is 3.79. The first-order valence-electron chi connectivity index (χ1n) is 19.3. The molecule has 2 saturated heterocycles. The van der Waals surface area contributed by atoms with E-state index in [-0.39, 0.29) is 42.3 Å². The molecule has 7 amide bonds. The van der Waals surface area contributed by atoms with E-state index in [2.05, 4.69) is 31.9 Å². The minimum absolute atomic E-state index is 0.0303. The average molecular weight is 812 g/mol. The van der Waals surface area contributed by atoms with E-state index in [1.807, 2.05) is 13.8 Å². The largest absolute Gasteiger partial charge is 0.391 e. The van der Waals surface area contributed by atoms with Crippen LogP contribution in [0.4, 0.5) is 4.39 Å². The summed E-state index contributed by atoms with van der Waals surface area (Å²) in [6.45, 7) is 6.29. The van der Waals surface area contributed by atoms with Crippen LogP contribution in [-0.4, -0.2) is 106 Å². The zero-order valence-electron chi connectivity index (χ0n) is 32.4. The zero-order chi connectivity index (χ0) is 41.6. The second-order valence-corrected chi connectivity index (χ2v) is 16.0. The molecule has 1 unspecified atom stereocenters. The van der Waals surface area contributed by atoms with E-state index in [1.165, 1.54) is 24.8 Å². The third-order valence-corrected chi connectivity index (χ3v) is 10.9. The van der Waals surface area contributed by atoms with Gasteiger partial charge in [-0.1, -0.05) is 62.2 Å². The number of aliphatic hydroxyl groups excluding tert-OH is 1. The molecule has 7 N–H and O–H groups in total. The molecule has 2 aliphatic heterocycles. The minimum atomic E-state index is -1.55. The fraction of sp³-hybridized carbons (Fsp3) is 0.525. The van der Waals surface area contributed by atoms with Crippen molar-refractivity contribution in [2.75, 3.05) is 6.54 Å². The lowest BCUT2D eigenvalue weighted by molar-refractivity contribution is -0.143. The van der Waals surface area contributed by atoms with E-state index in [4.69, 9.17) is 11.6 Å². The molecule has 1 aliphatic carbocycles. The Balaban J connectivity index is 1.52. The quantitative estimate of drug-likeness (QED) is 0.215. The van der Waals surface area contributed by atoms with Crippen LogP contribution in [0.25, 0.3) is 0 Å². The van der Waals surface area contributed by atoms with Crippen molar-refractivity contribution < 1.29 is 43.1 Å². The van der Waals surface area contributed by atoms with E-state index in [1.54, 1.807) is 30.3 Å². The minimum Gasteiger partial charge on any atom is -0.391 e. The second-order valence-electron chi connectivity index (χ2n) is 15.6. The highest BCUT2D eigenvalue weighted by Crippen LogP contribution is 2.27. The molecule has 2 aromatic rings. The molecule has 2 heterocycles. The number of benzene rings is 2. The molecule has 17 heteroatoms. The molecule has 0 aromatic heterocycles. The number of amides is 7. The Morgan fingerprint density at radius 1 is 0.877 bits per heavy atom. The lowest BCUT2D eigenvalue weighted by atomic mass is 9.98. The summed E-state index contributed by atoms with van der Waals surface area (Å²) in [7, 11) is 0. The molecule has 3 aliphatic rings. The van der Waals surface area contributed by atoms with Gasteiger partial charge in [0, 0.05) is 25.0 Å². The topological polar surface area (TPSA) is 215 Å². The first kappa shape index (κ1) is 43.0. The van der Waals surface area contributed by atoms with Crippen LogP contribution in [0, 0.1) is 17.7 Å². The molecule has 1 saturated carbocycles. The Morgan fingerprint density at radius 3 is 2.25 bits per heavy atom.